The molecule has 0 unspecified atom stereocenters. The zero-order valence-electron chi connectivity index (χ0n) is 13.1. The van der Waals surface area contributed by atoms with E-state index in [1.807, 2.05) is 0 Å². The molecule has 1 aliphatic rings. The van der Waals surface area contributed by atoms with Gasteiger partial charge in [0.15, 0.2) is 9.84 Å². The molecule has 0 aliphatic carbocycles. The lowest BCUT2D eigenvalue weighted by Gasteiger charge is -2.09. The Labute approximate surface area is 157 Å². The van der Waals surface area contributed by atoms with E-state index in [1.165, 1.54) is 18.2 Å². The first kappa shape index (κ1) is 18.8. The lowest BCUT2D eigenvalue weighted by Crippen LogP contribution is -2.06. The number of ether oxygens (including phenoxy) is 1. The Bertz CT molecular complexity index is 1030. The van der Waals surface area contributed by atoms with Crippen LogP contribution in [0.4, 0.5) is 8.78 Å². The molecule has 1 aliphatic heterocycles. The third-order valence-corrected chi connectivity index (χ3v) is 5.29. The molecule has 0 saturated heterocycles. The molecule has 0 aromatic heterocycles. The minimum absolute atomic E-state index is 0.00986. The first-order chi connectivity index (χ1) is 12.1. The zero-order chi connectivity index (χ0) is 19.2. The first-order valence-electron chi connectivity index (χ1n) is 7.14. The van der Waals surface area contributed by atoms with Gasteiger partial charge in [-0.05, 0) is 41.5 Å². The summed E-state index contributed by atoms with van der Waals surface area (Å²) in [4.78, 5) is 11.1. The molecule has 1 heterocycles. The van der Waals surface area contributed by atoms with Gasteiger partial charge < -0.3 is 4.74 Å². The van der Waals surface area contributed by atoms with E-state index in [0.29, 0.717) is 11.8 Å². The predicted molar refractivity (Wildman–Crippen MR) is 93.7 cm³/mol. The topological polar surface area (TPSA) is 60.4 Å². The second-order valence-corrected chi connectivity index (χ2v) is 8.45. The molecule has 9 heteroatoms. The molecular formula is C17H10Cl2F2O4S. The number of sulfone groups is 1. The van der Waals surface area contributed by atoms with Gasteiger partial charge >= 0.3 is 5.97 Å². The quantitative estimate of drug-likeness (QED) is 0.702. The van der Waals surface area contributed by atoms with Crippen LogP contribution in [0.3, 0.4) is 0 Å². The smallest absolute Gasteiger partial charge is 0.339 e. The molecule has 136 valence electrons. The largest absolute Gasteiger partial charge is 0.457 e. The van der Waals surface area contributed by atoms with Crippen LogP contribution in [0.1, 0.15) is 11.1 Å². The second-order valence-electron chi connectivity index (χ2n) is 5.63. The normalized spacial score (nSPS) is 14.7. The molecule has 0 spiro atoms. The number of benzene rings is 2. The van der Waals surface area contributed by atoms with Gasteiger partial charge in [-0.25, -0.2) is 22.0 Å². The molecular weight excluding hydrogens is 409 g/mol. The van der Waals surface area contributed by atoms with Crippen LogP contribution in [0, 0.1) is 11.6 Å². The molecule has 0 radical (unpaired) electrons. The van der Waals surface area contributed by atoms with Crippen LogP contribution >= 0.6 is 23.2 Å². The zero-order valence-corrected chi connectivity index (χ0v) is 15.5. The monoisotopic (exact) mass is 418 g/mol. The maximum atomic E-state index is 14.2. The van der Waals surface area contributed by atoms with Gasteiger partial charge in [0.05, 0.1) is 5.57 Å². The molecule has 0 fully saturated rings. The highest BCUT2D eigenvalue weighted by Crippen LogP contribution is 2.36. The van der Waals surface area contributed by atoms with E-state index in [4.69, 9.17) is 27.9 Å². The van der Waals surface area contributed by atoms with Gasteiger partial charge in [-0.1, -0.05) is 23.2 Å². The maximum Gasteiger partial charge on any atom is 0.339 e. The van der Waals surface area contributed by atoms with Crippen LogP contribution in [-0.2, 0) is 19.4 Å². The van der Waals surface area contributed by atoms with Crippen LogP contribution in [0.15, 0.2) is 35.2 Å². The fraction of sp³-hybridized carbons (Fsp3) is 0.118. The predicted octanol–water partition coefficient (Wildman–Crippen LogP) is 4.14. The van der Waals surface area contributed by atoms with Gasteiger partial charge in [-0.15, -0.1) is 0 Å². The van der Waals surface area contributed by atoms with Crippen molar-refractivity contribution in [3.05, 3.63) is 63.1 Å². The molecule has 2 aromatic carbocycles. The number of hydrogen-bond donors (Lipinski definition) is 0. The van der Waals surface area contributed by atoms with Crippen LogP contribution in [0.5, 0.6) is 0 Å². The summed E-state index contributed by atoms with van der Waals surface area (Å²) in [5, 5.41) is 0.535. The van der Waals surface area contributed by atoms with Gasteiger partial charge in [-0.3, -0.25) is 0 Å². The van der Waals surface area contributed by atoms with Gasteiger partial charge in [0.1, 0.15) is 23.1 Å². The average molecular weight is 419 g/mol. The molecule has 4 nitrogen and oxygen atoms in total. The van der Waals surface area contributed by atoms with Gasteiger partial charge in [0.2, 0.25) is 0 Å². The fourth-order valence-corrected chi connectivity index (χ4v) is 4.06. The second kappa shape index (κ2) is 6.64. The number of halogens is 4. The Morgan fingerprint density at radius 2 is 1.50 bits per heavy atom. The molecule has 26 heavy (non-hydrogen) atoms. The van der Waals surface area contributed by atoms with E-state index in [0.717, 1.165) is 12.1 Å². The fourth-order valence-electron chi connectivity index (χ4n) is 2.71. The molecule has 3 rings (SSSR count). The summed E-state index contributed by atoms with van der Waals surface area (Å²) in [6, 6.07) is 6.10. The Morgan fingerprint density at radius 3 is 2.00 bits per heavy atom. The van der Waals surface area contributed by atoms with E-state index in [1.54, 1.807) is 0 Å². The maximum absolute atomic E-state index is 14.2. The Balaban J connectivity index is 2.24. The van der Waals surface area contributed by atoms with Crippen molar-refractivity contribution >= 4 is 50.2 Å². The standard InChI is InChI=1S/C17H10Cl2F2O4S/c1-26(23,24)16-13(20)4-8(5-14(16)21)12-7-25-17(22)15(12)9-2-10(18)6-11(19)3-9/h2-6H,7H2,1H3. The summed E-state index contributed by atoms with van der Waals surface area (Å²) in [7, 11) is -4.09. The number of carbonyl (C=O) groups excluding carboxylic acids is 1. The van der Waals surface area contributed by atoms with Crippen molar-refractivity contribution in [2.75, 3.05) is 12.9 Å². The van der Waals surface area contributed by atoms with Crippen molar-refractivity contribution < 1.29 is 26.7 Å². The van der Waals surface area contributed by atoms with E-state index in [9.17, 15) is 22.0 Å². The lowest BCUT2D eigenvalue weighted by molar-refractivity contribution is -0.133. The number of esters is 1. The molecule has 0 N–H and O–H groups in total. The molecule has 0 bridgehead atoms. The Kier molecular flexibility index (Phi) is 4.81. The summed E-state index contributed by atoms with van der Waals surface area (Å²) >= 11 is 11.9. The highest BCUT2D eigenvalue weighted by atomic mass is 35.5. The van der Waals surface area contributed by atoms with Crippen molar-refractivity contribution in [2.45, 2.75) is 4.90 Å². The summed E-state index contributed by atoms with van der Waals surface area (Å²) in [5.74, 6) is -3.21. The number of cyclic esters (lactones) is 1. The number of carbonyl (C=O) groups is 1. The van der Waals surface area contributed by atoms with E-state index in [2.05, 4.69) is 0 Å². The summed E-state index contributed by atoms with van der Waals surface area (Å²) < 4.78 is 56.4. The Morgan fingerprint density at radius 1 is 0.962 bits per heavy atom. The third-order valence-electron chi connectivity index (χ3n) is 3.72. The molecule has 0 saturated carbocycles. The van der Waals surface area contributed by atoms with Crippen LogP contribution in [0.25, 0.3) is 11.1 Å². The van der Waals surface area contributed by atoms with Crippen LogP contribution in [-0.4, -0.2) is 27.2 Å². The minimum atomic E-state index is -4.09. The van der Waals surface area contributed by atoms with Gasteiger partial charge in [-0.2, -0.15) is 0 Å². The summed E-state index contributed by atoms with van der Waals surface area (Å²) in [6.07, 6.45) is 0.703. The van der Waals surface area contributed by atoms with Crippen LogP contribution in [0.2, 0.25) is 10.0 Å². The highest BCUT2D eigenvalue weighted by molar-refractivity contribution is 7.90. The van der Waals surface area contributed by atoms with Crippen molar-refractivity contribution in [1.29, 1.82) is 0 Å². The van der Waals surface area contributed by atoms with E-state index < -0.39 is 32.3 Å². The summed E-state index contributed by atoms with van der Waals surface area (Å²) in [6.45, 7) is -0.227. The van der Waals surface area contributed by atoms with E-state index >= 15 is 0 Å². The van der Waals surface area contributed by atoms with Gasteiger partial charge in [0.25, 0.3) is 0 Å². The van der Waals surface area contributed by atoms with Gasteiger partial charge in [0, 0.05) is 21.9 Å². The first-order valence-corrected chi connectivity index (χ1v) is 9.79. The van der Waals surface area contributed by atoms with Crippen molar-refractivity contribution in [1.82, 2.24) is 0 Å². The van der Waals surface area contributed by atoms with Crippen molar-refractivity contribution in [3.63, 3.8) is 0 Å². The van der Waals surface area contributed by atoms with E-state index in [-0.39, 0.29) is 33.4 Å². The Hall–Kier alpha value is -1.96. The average Bonchev–Trinajstić information content (AvgIpc) is 2.85. The molecule has 0 atom stereocenters. The third kappa shape index (κ3) is 3.47. The van der Waals surface area contributed by atoms with Crippen molar-refractivity contribution in [2.24, 2.45) is 0 Å². The number of hydrogen-bond acceptors (Lipinski definition) is 4. The number of rotatable bonds is 3. The van der Waals surface area contributed by atoms with Crippen LogP contribution < -0.4 is 0 Å². The molecule has 0 amide bonds. The molecule has 2 aromatic rings. The van der Waals surface area contributed by atoms with Crippen molar-refractivity contribution in [3.8, 4) is 0 Å². The summed E-state index contributed by atoms with van der Waals surface area (Å²) in [5.41, 5.74) is 0.573. The minimum Gasteiger partial charge on any atom is -0.457 e. The highest BCUT2D eigenvalue weighted by Gasteiger charge is 2.30. The lowest BCUT2D eigenvalue weighted by atomic mass is 9.96. The SMILES string of the molecule is CS(=O)(=O)c1c(F)cc(C2=C(c3cc(Cl)cc(Cl)c3)C(=O)OC2)cc1F.